The molecular weight excluding hydrogens is 524 g/mol. The highest BCUT2D eigenvalue weighted by Gasteiger charge is 2.19. The van der Waals surface area contributed by atoms with Gasteiger partial charge in [-0.15, -0.1) is 0 Å². The summed E-state index contributed by atoms with van der Waals surface area (Å²) in [7, 11) is 0. The van der Waals surface area contributed by atoms with Crippen LogP contribution in [0.1, 0.15) is 43.0 Å². The molecule has 2 fully saturated rings. The van der Waals surface area contributed by atoms with Crippen LogP contribution in [0.25, 0.3) is 11.5 Å². The minimum atomic E-state index is -0.236. The molecule has 2 aliphatic heterocycles. The first-order chi connectivity index (χ1) is 19.6. The largest absolute Gasteiger partial charge is 0.370 e. The van der Waals surface area contributed by atoms with Crippen molar-refractivity contribution in [2.24, 2.45) is 0 Å². The molecule has 0 bridgehead atoms. The van der Waals surface area contributed by atoms with E-state index in [2.05, 4.69) is 41.8 Å². The average Bonchev–Trinajstić information content (AvgIpc) is 3.53. The van der Waals surface area contributed by atoms with E-state index in [1.165, 1.54) is 12.8 Å². The zero-order chi connectivity index (χ0) is 27.7. The van der Waals surface area contributed by atoms with Gasteiger partial charge in [0.2, 0.25) is 5.91 Å². The molecule has 0 aliphatic carbocycles. The Morgan fingerprint density at radius 3 is 2.55 bits per heavy atom. The molecule has 212 valence electrons. The first-order valence-electron chi connectivity index (χ1n) is 14.3. The van der Waals surface area contributed by atoms with Gasteiger partial charge in [0, 0.05) is 52.2 Å². The van der Waals surface area contributed by atoms with E-state index in [1.54, 1.807) is 0 Å². The second kappa shape index (κ2) is 13.9. The minimum Gasteiger partial charge on any atom is -0.370 e. The Balaban J connectivity index is 1.24. The van der Waals surface area contributed by atoms with Crippen molar-refractivity contribution in [2.45, 2.75) is 38.6 Å². The second-order valence-corrected chi connectivity index (χ2v) is 10.9. The molecule has 3 N–H and O–H groups in total. The van der Waals surface area contributed by atoms with Crippen molar-refractivity contribution in [2.75, 3.05) is 62.6 Å². The Morgan fingerprint density at radius 1 is 1.05 bits per heavy atom. The standard InChI is InChI=1S/C30H39ClN8O/c1-22-28(31)30(37-29(35-22)25-12-11-24(20-33-25)39-16-5-6-17-39)34-21-26(23-8-3-2-4-9-23)36-27(40)10-7-15-38-18-13-32-14-19-38/h2-4,8-9,11-12,20,26,32H,5-7,10,13-19,21H2,1H3,(H,36,40)(H,34,35,37)/t26-/m0/s1. The van der Waals surface area contributed by atoms with Crippen molar-refractivity contribution >= 4 is 29.0 Å². The van der Waals surface area contributed by atoms with E-state index < -0.39 is 0 Å². The maximum atomic E-state index is 12.9. The van der Waals surface area contributed by atoms with E-state index in [9.17, 15) is 4.79 Å². The lowest BCUT2D eigenvalue weighted by Gasteiger charge is -2.27. The summed E-state index contributed by atoms with van der Waals surface area (Å²) >= 11 is 6.63. The number of anilines is 2. The van der Waals surface area contributed by atoms with Crippen LogP contribution in [0, 0.1) is 6.92 Å². The smallest absolute Gasteiger partial charge is 0.220 e. The Morgan fingerprint density at radius 2 is 1.82 bits per heavy atom. The first kappa shape index (κ1) is 28.3. The van der Waals surface area contributed by atoms with E-state index in [1.807, 2.05) is 49.5 Å². The summed E-state index contributed by atoms with van der Waals surface area (Å²) in [5, 5.41) is 10.4. The SMILES string of the molecule is Cc1nc(-c2ccc(N3CCCC3)cn2)nc(NC[C@H](NC(=O)CCCN2CCNCC2)c2ccccc2)c1Cl. The first-order valence-corrected chi connectivity index (χ1v) is 14.7. The summed E-state index contributed by atoms with van der Waals surface area (Å²) in [5.41, 5.74) is 3.52. The van der Waals surface area contributed by atoms with Crippen LogP contribution in [0.15, 0.2) is 48.7 Å². The van der Waals surface area contributed by atoms with Crippen molar-refractivity contribution in [3.8, 4) is 11.5 Å². The number of aromatic nitrogens is 3. The number of rotatable bonds is 11. The number of aryl methyl sites for hydroxylation is 1. The van der Waals surface area contributed by atoms with Gasteiger partial charge in [-0.05, 0) is 50.4 Å². The van der Waals surface area contributed by atoms with Gasteiger partial charge in [-0.1, -0.05) is 41.9 Å². The Hall–Kier alpha value is -3.27. The zero-order valence-corrected chi connectivity index (χ0v) is 24.0. The number of carbonyl (C=O) groups is 1. The van der Waals surface area contributed by atoms with Crippen molar-refractivity contribution in [3.63, 3.8) is 0 Å². The van der Waals surface area contributed by atoms with Gasteiger partial charge in [-0.3, -0.25) is 9.78 Å². The van der Waals surface area contributed by atoms with E-state index in [0.29, 0.717) is 41.0 Å². The van der Waals surface area contributed by atoms with Crippen molar-refractivity contribution < 1.29 is 4.79 Å². The predicted octanol–water partition coefficient (Wildman–Crippen LogP) is 4.06. The number of halogens is 1. The zero-order valence-electron chi connectivity index (χ0n) is 23.2. The molecule has 3 aromatic rings. The molecule has 1 atom stereocenters. The van der Waals surface area contributed by atoms with Crippen LogP contribution in [0.4, 0.5) is 11.5 Å². The number of nitrogens with one attached hydrogen (secondary N) is 3. The van der Waals surface area contributed by atoms with Crippen LogP contribution in [0.3, 0.4) is 0 Å². The van der Waals surface area contributed by atoms with Gasteiger partial charge in [0.05, 0.1) is 23.6 Å². The third kappa shape index (κ3) is 7.47. The van der Waals surface area contributed by atoms with Gasteiger partial charge in [0.15, 0.2) is 5.82 Å². The summed E-state index contributed by atoms with van der Waals surface area (Å²) < 4.78 is 0. The molecule has 0 spiro atoms. The summed E-state index contributed by atoms with van der Waals surface area (Å²) in [6.45, 7) is 9.49. The van der Waals surface area contributed by atoms with Crippen LogP contribution < -0.4 is 20.9 Å². The summed E-state index contributed by atoms with van der Waals surface area (Å²) in [4.78, 5) is 31.7. The molecular formula is C30H39ClN8O. The van der Waals surface area contributed by atoms with E-state index in [0.717, 1.165) is 63.5 Å². The number of carbonyl (C=O) groups excluding carboxylic acids is 1. The number of hydrogen-bond acceptors (Lipinski definition) is 8. The summed E-state index contributed by atoms with van der Waals surface area (Å²) in [6.07, 6.45) is 5.66. The minimum absolute atomic E-state index is 0.0405. The van der Waals surface area contributed by atoms with Gasteiger partial charge in [0.1, 0.15) is 16.5 Å². The molecule has 10 heteroatoms. The van der Waals surface area contributed by atoms with Crippen LogP contribution in [0.5, 0.6) is 0 Å². The van der Waals surface area contributed by atoms with Gasteiger partial charge < -0.3 is 25.8 Å². The molecule has 0 saturated carbocycles. The highest BCUT2D eigenvalue weighted by atomic mass is 35.5. The second-order valence-electron chi connectivity index (χ2n) is 10.5. The van der Waals surface area contributed by atoms with Gasteiger partial charge in [-0.25, -0.2) is 9.97 Å². The van der Waals surface area contributed by atoms with E-state index >= 15 is 0 Å². The molecule has 40 heavy (non-hydrogen) atoms. The highest BCUT2D eigenvalue weighted by molar-refractivity contribution is 6.33. The number of piperazine rings is 1. The number of benzene rings is 1. The maximum Gasteiger partial charge on any atom is 0.220 e. The summed E-state index contributed by atoms with van der Waals surface area (Å²) in [5.74, 6) is 1.09. The highest BCUT2D eigenvalue weighted by Crippen LogP contribution is 2.28. The fourth-order valence-electron chi connectivity index (χ4n) is 5.27. The van der Waals surface area contributed by atoms with Crippen LogP contribution >= 0.6 is 11.6 Å². The van der Waals surface area contributed by atoms with Gasteiger partial charge in [0.25, 0.3) is 0 Å². The van der Waals surface area contributed by atoms with E-state index in [4.69, 9.17) is 16.6 Å². The quantitative estimate of drug-likeness (QED) is 0.322. The molecule has 2 aromatic heterocycles. The predicted molar refractivity (Wildman–Crippen MR) is 161 cm³/mol. The molecule has 0 unspecified atom stereocenters. The van der Waals surface area contributed by atoms with Gasteiger partial charge in [-0.2, -0.15) is 0 Å². The Labute approximate surface area is 241 Å². The lowest BCUT2D eigenvalue weighted by atomic mass is 10.1. The number of amides is 1. The fourth-order valence-corrected chi connectivity index (χ4v) is 5.42. The third-order valence-corrected chi connectivity index (χ3v) is 8.02. The lowest BCUT2D eigenvalue weighted by Crippen LogP contribution is -2.44. The molecule has 0 radical (unpaired) electrons. The van der Waals surface area contributed by atoms with Gasteiger partial charge >= 0.3 is 0 Å². The average molecular weight is 563 g/mol. The van der Waals surface area contributed by atoms with E-state index in [-0.39, 0.29) is 11.9 Å². The number of nitrogens with zero attached hydrogens (tertiary/aromatic N) is 5. The summed E-state index contributed by atoms with van der Waals surface area (Å²) in [6, 6.07) is 13.8. The number of hydrogen-bond donors (Lipinski definition) is 3. The third-order valence-electron chi connectivity index (χ3n) is 7.56. The molecule has 9 nitrogen and oxygen atoms in total. The molecule has 2 saturated heterocycles. The maximum absolute atomic E-state index is 12.9. The van der Waals surface area contributed by atoms with Crippen molar-refractivity contribution in [1.29, 1.82) is 0 Å². The lowest BCUT2D eigenvalue weighted by molar-refractivity contribution is -0.121. The van der Waals surface area contributed by atoms with Crippen LogP contribution in [-0.2, 0) is 4.79 Å². The van der Waals surface area contributed by atoms with Crippen LogP contribution in [-0.4, -0.2) is 78.1 Å². The monoisotopic (exact) mass is 562 g/mol. The van der Waals surface area contributed by atoms with Crippen molar-refractivity contribution in [3.05, 3.63) is 64.9 Å². The van der Waals surface area contributed by atoms with Crippen LogP contribution in [0.2, 0.25) is 5.02 Å². The molecule has 1 aromatic carbocycles. The van der Waals surface area contributed by atoms with Crippen molar-refractivity contribution in [1.82, 2.24) is 30.5 Å². The topological polar surface area (TPSA) is 98.3 Å². The molecule has 5 rings (SSSR count). The molecule has 2 aliphatic rings. The number of pyridine rings is 1. The normalized spacial score (nSPS) is 16.6. The fraction of sp³-hybridized carbons (Fsp3) is 0.467. The molecule has 1 amide bonds. The Kier molecular flexibility index (Phi) is 9.81. The molecule has 4 heterocycles. The Bertz CT molecular complexity index is 1240.